The molecular weight excluding hydrogens is 506 g/mol. The maximum atomic E-state index is 13.3. The summed E-state index contributed by atoms with van der Waals surface area (Å²) in [4.78, 5) is 26.0. The van der Waals surface area contributed by atoms with Crippen LogP contribution in [-0.2, 0) is 17.6 Å². The summed E-state index contributed by atoms with van der Waals surface area (Å²) in [7, 11) is 0. The summed E-state index contributed by atoms with van der Waals surface area (Å²) in [5, 5.41) is 20.6. The van der Waals surface area contributed by atoms with E-state index in [9.17, 15) is 14.7 Å². The predicted octanol–water partition coefficient (Wildman–Crippen LogP) is 6.66. The fourth-order valence-corrected chi connectivity index (χ4v) is 4.64. The number of aryl methyl sites for hydroxylation is 1. The van der Waals surface area contributed by atoms with Crippen LogP contribution in [0.4, 0.5) is 4.79 Å². The van der Waals surface area contributed by atoms with Crippen LogP contribution in [0.2, 0.25) is 5.02 Å². The Hall–Kier alpha value is -3.55. The van der Waals surface area contributed by atoms with Crippen molar-refractivity contribution >= 4 is 23.7 Å². The van der Waals surface area contributed by atoms with Gasteiger partial charge in [0.25, 0.3) is 0 Å². The van der Waals surface area contributed by atoms with E-state index in [0.29, 0.717) is 28.5 Å². The second kappa shape index (κ2) is 11.5. The molecule has 7 nitrogen and oxygen atoms in total. The summed E-state index contributed by atoms with van der Waals surface area (Å²) in [5.41, 5.74) is 2.41. The molecule has 0 saturated carbocycles. The van der Waals surface area contributed by atoms with Gasteiger partial charge in [-0.15, -0.1) is 0 Å². The van der Waals surface area contributed by atoms with Crippen LogP contribution in [0.1, 0.15) is 60.3 Å². The van der Waals surface area contributed by atoms with Crippen molar-refractivity contribution in [1.29, 1.82) is 0 Å². The molecule has 0 heterocycles. The maximum Gasteiger partial charge on any atom is 0.410 e. The van der Waals surface area contributed by atoms with Gasteiger partial charge in [0.1, 0.15) is 17.1 Å². The molecule has 8 heteroatoms. The SMILES string of the molecule is CC(C)(C)OC(=O)N(C[C@@H](O)c1ccc(Cl)cc1)[C@H]1CCc2ccc(Oc3ccc(C(=O)O)cc3)cc2C1. The third-order valence-electron chi connectivity index (χ3n) is 6.41. The molecule has 0 fully saturated rings. The molecule has 0 aromatic heterocycles. The fourth-order valence-electron chi connectivity index (χ4n) is 4.52. The number of fused-ring (bicyclic) bond motifs is 1. The lowest BCUT2D eigenvalue weighted by Crippen LogP contribution is -2.47. The molecule has 1 aliphatic rings. The van der Waals surface area contributed by atoms with Gasteiger partial charge in [-0.1, -0.05) is 29.8 Å². The van der Waals surface area contributed by atoms with Crippen LogP contribution in [0.5, 0.6) is 11.5 Å². The Morgan fingerprint density at radius 1 is 1.00 bits per heavy atom. The molecule has 0 aliphatic heterocycles. The van der Waals surface area contributed by atoms with E-state index in [1.807, 2.05) is 39.0 Å². The standard InChI is InChI=1S/C30H32ClNO6/c1-30(2,3)38-29(36)32(18-27(33)20-4-10-23(31)11-5-20)24-12-6-19-7-15-26(17-22(19)16-24)37-25-13-8-21(9-14-25)28(34)35/h4-5,7-11,13-15,17,24,27,33H,6,12,16,18H2,1-3H3,(H,34,35)/t24-,27+/m0/s1. The molecule has 0 spiro atoms. The number of carbonyl (C=O) groups is 2. The van der Waals surface area contributed by atoms with Crippen molar-refractivity contribution in [2.75, 3.05) is 6.54 Å². The number of nitrogens with zero attached hydrogens (tertiary/aromatic N) is 1. The number of carboxylic acids is 1. The highest BCUT2D eigenvalue weighted by molar-refractivity contribution is 6.30. The lowest BCUT2D eigenvalue weighted by atomic mass is 9.87. The number of carbonyl (C=O) groups excluding carboxylic acids is 1. The minimum atomic E-state index is -0.993. The van der Waals surface area contributed by atoms with Gasteiger partial charge in [-0.05, 0) is 105 Å². The highest BCUT2D eigenvalue weighted by Crippen LogP contribution is 2.32. The number of carboxylic acid groups (broad SMARTS) is 1. The van der Waals surface area contributed by atoms with Crippen LogP contribution in [-0.4, -0.2) is 45.4 Å². The first-order chi connectivity index (χ1) is 18.0. The number of hydrogen-bond acceptors (Lipinski definition) is 5. The Balaban J connectivity index is 1.53. The first kappa shape index (κ1) is 27.5. The van der Waals surface area contributed by atoms with Crippen molar-refractivity contribution in [2.45, 2.75) is 57.8 Å². The third-order valence-corrected chi connectivity index (χ3v) is 6.66. The summed E-state index contributed by atoms with van der Waals surface area (Å²) >= 11 is 6.00. The van der Waals surface area contributed by atoms with Crippen molar-refractivity contribution in [2.24, 2.45) is 0 Å². The third kappa shape index (κ3) is 7.05. The number of rotatable bonds is 7. The van der Waals surface area contributed by atoms with E-state index in [0.717, 1.165) is 18.4 Å². The van der Waals surface area contributed by atoms with Gasteiger partial charge in [0.05, 0.1) is 18.2 Å². The van der Waals surface area contributed by atoms with E-state index in [1.165, 1.54) is 17.7 Å². The van der Waals surface area contributed by atoms with E-state index in [1.54, 1.807) is 41.3 Å². The van der Waals surface area contributed by atoms with Crippen LogP contribution in [0.3, 0.4) is 0 Å². The van der Waals surface area contributed by atoms with Gasteiger partial charge in [-0.2, -0.15) is 0 Å². The minimum absolute atomic E-state index is 0.0860. The first-order valence-electron chi connectivity index (χ1n) is 12.5. The van der Waals surface area contributed by atoms with E-state index < -0.39 is 23.8 Å². The molecule has 3 aromatic rings. The fraction of sp³-hybridized carbons (Fsp3) is 0.333. The summed E-state index contributed by atoms with van der Waals surface area (Å²) in [5.74, 6) is 0.161. The Morgan fingerprint density at radius 3 is 2.29 bits per heavy atom. The Labute approximate surface area is 227 Å². The molecule has 1 amide bonds. The molecule has 2 N–H and O–H groups in total. The zero-order valence-corrected chi connectivity index (χ0v) is 22.4. The topological polar surface area (TPSA) is 96.3 Å². The maximum absolute atomic E-state index is 13.3. The van der Waals surface area contributed by atoms with Crippen molar-refractivity contribution in [1.82, 2.24) is 4.90 Å². The lowest BCUT2D eigenvalue weighted by molar-refractivity contribution is 0.00194. The Bertz CT molecular complexity index is 1280. The quantitative estimate of drug-likeness (QED) is 0.350. The van der Waals surface area contributed by atoms with Crippen LogP contribution in [0.25, 0.3) is 0 Å². The number of hydrogen-bond donors (Lipinski definition) is 2. The monoisotopic (exact) mass is 537 g/mol. The van der Waals surface area contributed by atoms with E-state index in [2.05, 4.69) is 0 Å². The Kier molecular flexibility index (Phi) is 8.29. The van der Waals surface area contributed by atoms with Crippen molar-refractivity contribution in [3.05, 3.63) is 94.0 Å². The van der Waals surface area contributed by atoms with E-state index in [-0.39, 0.29) is 18.2 Å². The largest absolute Gasteiger partial charge is 0.478 e. The molecule has 0 saturated heterocycles. The molecule has 200 valence electrons. The first-order valence-corrected chi connectivity index (χ1v) is 12.9. The summed E-state index contributed by atoms with van der Waals surface area (Å²) in [6.07, 6.45) is 0.715. The van der Waals surface area contributed by atoms with Crippen molar-refractivity contribution in [3.63, 3.8) is 0 Å². The molecule has 4 rings (SSSR count). The van der Waals surface area contributed by atoms with Crippen molar-refractivity contribution in [3.8, 4) is 11.5 Å². The second-order valence-electron chi connectivity index (χ2n) is 10.5. The molecule has 1 aliphatic carbocycles. The number of aliphatic hydroxyl groups excluding tert-OH is 1. The normalized spacial score (nSPS) is 15.8. The average molecular weight is 538 g/mol. The predicted molar refractivity (Wildman–Crippen MR) is 145 cm³/mol. The van der Waals surface area contributed by atoms with Crippen LogP contribution in [0, 0.1) is 0 Å². The molecule has 0 bridgehead atoms. The number of aromatic carboxylic acids is 1. The zero-order valence-electron chi connectivity index (χ0n) is 21.7. The average Bonchev–Trinajstić information content (AvgIpc) is 2.86. The number of aliphatic hydroxyl groups is 1. The van der Waals surface area contributed by atoms with Gasteiger partial charge in [0, 0.05) is 11.1 Å². The van der Waals surface area contributed by atoms with Gasteiger partial charge >= 0.3 is 12.1 Å². The smallest absolute Gasteiger partial charge is 0.410 e. The second-order valence-corrected chi connectivity index (χ2v) is 10.9. The summed E-state index contributed by atoms with van der Waals surface area (Å²) in [6, 6.07) is 18.9. The van der Waals surface area contributed by atoms with Gasteiger partial charge in [0.15, 0.2) is 0 Å². The number of benzene rings is 3. The number of amides is 1. The van der Waals surface area contributed by atoms with E-state index >= 15 is 0 Å². The van der Waals surface area contributed by atoms with E-state index in [4.69, 9.17) is 26.2 Å². The zero-order chi connectivity index (χ0) is 27.4. The van der Waals surface area contributed by atoms with Gasteiger partial charge in [-0.25, -0.2) is 9.59 Å². The minimum Gasteiger partial charge on any atom is -0.478 e. The van der Waals surface area contributed by atoms with Crippen molar-refractivity contribution < 1.29 is 29.3 Å². The summed E-state index contributed by atoms with van der Waals surface area (Å²) < 4.78 is 11.7. The van der Waals surface area contributed by atoms with Gasteiger partial charge in [-0.3, -0.25) is 0 Å². The molecule has 38 heavy (non-hydrogen) atoms. The molecule has 0 radical (unpaired) electrons. The van der Waals surface area contributed by atoms with Gasteiger partial charge < -0.3 is 24.6 Å². The summed E-state index contributed by atoms with van der Waals surface area (Å²) in [6.45, 7) is 5.55. The highest BCUT2D eigenvalue weighted by atomic mass is 35.5. The van der Waals surface area contributed by atoms with Crippen LogP contribution < -0.4 is 4.74 Å². The molecule has 0 unspecified atom stereocenters. The van der Waals surface area contributed by atoms with Gasteiger partial charge in [0.2, 0.25) is 0 Å². The Morgan fingerprint density at radius 2 is 1.66 bits per heavy atom. The molecule has 3 aromatic carbocycles. The number of ether oxygens (including phenoxy) is 2. The van der Waals surface area contributed by atoms with Crippen LogP contribution in [0.15, 0.2) is 66.7 Å². The molecule has 2 atom stereocenters. The highest BCUT2D eigenvalue weighted by Gasteiger charge is 2.33. The molecular formula is C30H32ClNO6. The number of halogens is 1. The van der Waals surface area contributed by atoms with Crippen LogP contribution >= 0.6 is 11.6 Å². The lowest BCUT2D eigenvalue weighted by Gasteiger charge is -2.37.